The number of hydrogen-bond acceptors (Lipinski definition) is 7. The van der Waals surface area contributed by atoms with Crippen molar-refractivity contribution in [1.29, 1.82) is 5.26 Å². The Labute approximate surface area is 276 Å². The predicted octanol–water partition coefficient (Wildman–Crippen LogP) is 6.95. The Hall–Kier alpha value is -4.49. The first-order valence-corrected chi connectivity index (χ1v) is 15.8. The van der Waals surface area contributed by atoms with Crippen molar-refractivity contribution in [1.82, 2.24) is 9.88 Å². The van der Waals surface area contributed by atoms with E-state index >= 15 is 0 Å². The van der Waals surface area contributed by atoms with Crippen LogP contribution in [0.5, 0.6) is 0 Å². The largest absolute Gasteiger partial charge is 0.465 e. The van der Waals surface area contributed by atoms with Gasteiger partial charge in [-0.1, -0.05) is 43.6 Å². The third-order valence-electron chi connectivity index (χ3n) is 7.50. The van der Waals surface area contributed by atoms with Crippen LogP contribution in [-0.4, -0.2) is 61.4 Å². The molecular weight excluding hydrogens is 606 g/mol. The van der Waals surface area contributed by atoms with E-state index in [0.717, 1.165) is 18.4 Å². The summed E-state index contributed by atoms with van der Waals surface area (Å²) in [7, 11) is 2.96. The number of amides is 2. The number of benzene rings is 2. The molecule has 0 unspecified atom stereocenters. The van der Waals surface area contributed by atoms with E-state index in [1.54, 1.807) is 44.3 Å². The maximum absolute atomic E-state index is 14.2. The second-order valence-corrected chi connectivity index (χ2v) is 12.2. The molecule has 1 atom stereocenters. The number of halogens is 1. The molecule has 0 bridgehead atoms. The van der Waals surface area contributed by atoms with Crippen LogP contribution in [0.3, 0.4) is 0 Å². The smallest absolute Gasteiger partial charge is 0.407 e. The highest BCUT2D eigenvalue weighted by atomic mass is 35.5. The molecule has 1 fully saturated rings. The highest BCUT2D eigenvalue weighted by Crippen LogP contribution is 2.35. The molecule has 4 rings (SSSR count). The number of nitrogens with one attached hydrogen (secondary N) is 1. The van der Waals surface area contributed by atoms with Crippen LogP contribution >= 0.6 is 11.6 Å². The quantitative estimate of drug-likeness (QED) is 0.275. The average Bonchev–Trinajstić information content (AvgIpc) is 3.31. The number of rotatable bonds is 7. The van der Waals surface area contributed by atoms with E-state index in [4.69, 9.17) is 21.1 Å². The summed E-state index contributed by atoms with van der Waals surface area (Å²) in [6.45, 7) is 12.5. The van der Waals surface area contributed by atoms with Crippen molar-refractivity contribution in [3.63, 3.8) is 0 Å². The fourth-order valence-corrected chi connectivity index (χ4v) is 5.59. The van der Waals surface area contributed by atoms with Crippen molar-refractivity contribution in [2.75, 3.05) is 37.0 Å². The Morgan fingerprint density at radius 2 is 1.76 bits per heavy atom. The van der Waals surface area contributed by atoms with Gasteiger partial charge in [-0.25, -0.2) is 9.59 Å². The zero-order chi connectivity index (χ0) is 34.2. The summed E-state index contributed by atoms with van der Waals surface area (Å²) < 4.78 is 12.1. The predicted molar refractivity (Wildman–Crippen MR) is 181 cm³/mol. The van der Waals surface area contributed by atoms with Crippen molar-refractivity contribution in [2.24, 2.45) is 0 Å². The Kier molecular flexibility index (Phi) is 12.3. The van der Waals surface area contributed by atoms with Gasteiger partial charge in [0.15, 0.2) is 0 Å². The van der Waals surface area contributed by atoms with Crippen LogP contribution in [0.4, 0.5) is 16.3 Å². The Morgan fingerprint density at radius 3 is 2.35 bits per heavy atom. The number of nitriles is 1. The van der Waals surface area contributed by atoms with Gasteiger partial charge in [0.05, 0.1) is 24.8 Å². The Balaban J connectivity index is 0.00000282. The number of anilines is 2. The third-order valence-corrected chi connectivity index (χ3v) is 7.87. The number of carbonyl (C=O) groups is 3. The summed E-state index contributed by atoms with van der Waals surface area (Å²) in [5, 5.41) is 13.9. The van der Waals surface area contributed by atoms with Gasteiger partial charge >= 0.3 is 12.1 Å². The Morgan fingerprint density at radius 1 is 1.11 bits per heavy atom. The first-order chi connectivity index (χ1) is 21.8. The lowest BCUT2D eigenvalue weighted by Gasteiger charge is -2.36. The summed E-state index contributed by atoms with van der Waals surface area (Å²) in [6, 6.07) is 16.0. The molecule has 2 amide bonds. The van der Waals surface area contributed by atoms with Crippen LogP contribution in [0.1, 0.15) is 85.0 Å². The summed E-state index contributed by atoms with van der Waals surface area (Å²) in [5.41, 5.74) is 2.35. The van der Waals surface area contributed by atoms with E-state index in [1.165, 1.54) is 12.0 Å². The number of esters is 1. The second-order valence-electron chi connectivity index (χ2n) is 11.8. The number of piperidine rings is 1. The summed E-state index contributed by atoms with van der Waals surface area (Å²) in [5.74, 6) is -0.207. The highest BCUT2D eigenvalue weighted by Gasteiger charge is 2.33. The maximum Gasteiger partial charge on any atom is 0.407 e. The van der Waals surface area contributed by atoms with Gasteiger partial charge in [0.1, 0.15) is 23.2 Å². The van der Waals surface area contributed by atoms with Gasteiger partial charge in [-0.05, 0) is 82.0 Å². The molecule has 10 nitrogen and oxygen atoms in total. The molecule has 0 aliphatic carbocycles. The molecule has 1 aliphatic heterocycles. The molecule has 2 aromatic carbocycles. The van der Waals surface area contributed by atoms with Crippen molar-refractivity contribution in [3.05, 3.63) is 81.5 Å². The molecule has 46 heavy (non-hydrogen) atoms. The van der Waals surface area contributed by atoms with Gasteiger partial charge in [-0.15, -0.1) is 0 Å². The Bertz CT molecular complexity index is 1590. The van der Waals surface area contributed by atoms with E-state index in [0.29, 0.717) is 52.0 Å². The molecule has 1 saturated heterocycles. The molecule has 0 saturated carbocycles. The van der Waals surface area contributed by atoms with Crippen LogP contribution in [0.2, 0.25) is 5.02 Å². The van der Waals surface area contributed by atoms with Gasteiger partial charge in [0.2, 0.25) is 0 Å². The molecule has 0 spiro atoms. The van der Waals surface area contributed by atoms with E-state index < -0.39 is 17.7 Å². The minimum atomic E-state index is -0.631. The van der Waals surface area contributed by atoms with Crippen molar-refractivity contribution >= 4 is 41.1 Å². The van der Waals surface area contributed by atoms with Crippen LogP contribution in [-0.2, 0) is 16.0 Å². The minimum absolute atomic E-state index is 0.218. The number of carbonyl (C=O) groups excluding carboxylic acids is 3. The van der Waals surface area contributed by atoms with Crippen molar-refractivity contribution in [3.8, 4) is 6.07 Å². The molecule has 1 aromatic heterocycles. The topological polar surface area (TPSA) is 117 Å². The van der Waals surface area contributed by atoms with Crippen LogP contribution in [0.25, 0.3) is 0 Å². The first kappa shape index (κ1) is 36.0. The normalized spacial score (nSPS) is 14.3. The van der Waals surface area contributed by atoms with Gasteiger partial charge in [-0.2, -0.15) is 5.26 Å². The molecule has 11 heteroatoms. The van der Waals surface area contributed by atoms with Gasteiger partial charge < -0.3 is 29.2 Å². The van der Waals surface area contributed by atoms with Crippen LogP contribution < -0.4 is 15.1 Å². The molecule has 1 N–H and O–H groups in total. The summed E-state index contributed by atoms with van der Waals surface area (Å²) in [4.78, 5) is 42.3. The SMILES string of the molecule is CC.COC(=O)c1ccc(N(C)C(=O)c2c(C)c(C#N)c(N3CCC[C@@H](NC(=O)OC(C)(C)C)C3)n2Cc2ccccc2Cl)cc1. The number of ether oxygens (including phenoxy) is 2. The van der Waals surface area contributed by atoms with Crippen LogP contribution in [0.15, 0.2) is 48.5 Å². The monoisotopic (exact) mass is 649 g/mol. The number of nitrogens with zero attached hydrogens (tertiary/aromatic N) is 4. The number of hydrogen-bond donors (Lipinski definition) is 1. The van der Waals surface area contributed by atoms with E-state index in [-0.39, 0.29) is 18.5 Å². The fourth-order valence-electron chi connectivity index (χ4n) is 5.40. The van der Waals surface area contributed by atoms with Crippen molar-refractivity contribution in [2.45, 2.75) is 72.6 Å². The van der Waals surface area contributed by atoms with E-state index in [9.17, 15) is 19.6 Å². The summed E-state index contributed by atoms with van der Waals surface area (Å²) >= 11 is 6.58. The lowest BCUT2D eigenvalue weighted by atomic mass is 10.0. The zero-order valence-corrected chi connectivity index (χ0v) is 28.7. The number of methoxy groups -OCH3 is 1. The van der Waals surface area contributed by atoms with Gasteiger partial charge in [-0.3, -0.25) is 4.79 Å². The minimum Gasteiger partial charge on any atom is -0.465 e. The van der Waals surface area contributed by atoms with Crippen molar-refractivity contribution < 1.29 is 23.9 Å². The summed E-state index contributed by atoms with van der Waals surface area (Å²) in [6.07, 6.45) is 1.01. The van der Waals surface area contributed by atoms with Gasteiger partial charge in [0, 0.05) is 36.9 Å². The zero-order valence-electron chi connectivity index (χ0n) is 27.9. The highest BCUT2D eigenvalue weighted by molar-refractivity contribution is 6.31. The standard InChI is InChI=1S/C33H38ClN5O5.C2H6/c1-21-26(18-35)29(38-17-9-11-24(20-38)36-32(42)44-33(2,3)4)39(19-23-10-7-8-12-27(23)34)28(21)30(40)37(5)25-15-13-22(14-16-25)31(41)43-6;1-2/h7-8,10,12-16,24H,9,11,17,19-20H2,1-6H3,(H,36,42);1-2H3/t24-;/m1./s1. The maximum atomic E-state index is 14.2. The lowest BCUT2D eigenvalue weighted by Crippen LogP contribution is -2.49. The molecule has 246 valence electrons. The lowest BCUT2D eigenvalue weighted by molar-refractivity contribution is 0.0498. The third kappa shape index (κ3) is 8.40. The molecule has 2 heterocycles. The molecule has 3 aromatic rings. The van der Waals surface area contributed by atoms with E-state index in [1.807, 2.05) is 57.4 Å². The van der Waals surface area contributed by atoms with E-state index in [2.05, 4.69) is 16.3 Å². The van der Waals surface area contributed by atoms with Gasteiger partial charge in [0.25, 0.3) is 5.91 Å². The fraction of sp³-hybridized carbons (Fsp3) is 0.429. The number of alkyl carbamates (subject to hydrolysis) is 1. The molecular formula is C35H44ClN5O5. The first-order valence-electron chi connectivity index (χ1n) is 15.4. The molecule has 0 radical (unpaired) electrons. The molecule has 1 aliphatic rings. The average molecular weight is 650 g/mol. The number of aromatic nitrogens is 1. The van der Waals surface area contributed by atoms with Crippen LogP contribution in [0, 0.1) is 18.3 Å². The second kappa shape index (κ2) is 15.7.